The highest BCUT2D eigenvalue weighted by molar-refractivity contribution is 9.10. The van der Waals surface area contributed by atoms with Crippen molar-refractivity contribution in [3.8, 4) is 0 Å². The van der Waals surface area contributed by atoms with Crippen molar-refractivity contribution in [2.24, 2.45) is 7.05 Å². The van der Waals surface area contributed by atoms with Crippen molar-refractivity contribution in [1.82, 2.24) is 9.55 Å². The monoisotopic (exact) mass is 306 g/mol. The summed E-state index contributed by atoms with van der Waals surface area (Å²) in [7, 11) is 1.94. The van der Waals surface area contributed by atoms with Crippen LogP contribution in [0.25, 0.3) is 0 Å². The molecule has 2 aromatic rings. The van der Waals surface area contributed by atoms with Crippen LogP contribution in [0.4, 0.5) is 0 Å². The van der Waals surface area contributed by atoms with Gasteiger partial charge in [0.25, 0.3) is 0 Å². The van der Waals surface area contributed by atoms with Crippen LogP contribution in [0.3, 0.4) is 0 Å². The number of hydrogen-bond acceptors (Lipinski definition) is 2. The predicted octanol–water partition coefficient (Wildman–Crippen LogP) is 3.31. The Morgan fingerprint density at radius 2 is 2.22 bits per heavy atom. The van der Waals surface area contributed by atoms with E-state index in [-0.39, 0.29) is 5.78 Å². The number of carbonyl (C=O) groups excluding carboxylic acids is 1. The number of rotatable bonds is 4. The molecular weight excluding hydrogens is 292 g/mol. The second-order valence-corrected chi connectivity index (χ2v) is 5.25. The third-order valence-electron chi connectivity index (χ3n) is 2.99. The maximum absolute atomic E-state index is 12.1. The van der Waals surface area contributed by atoms with Gasteiger partial charge in [-0.3, -0.25) is 4.79 Å². The first kappa shape index (κ1) is 13.0. The molecule has 0 aliphatic carbocycles. The Balaban J connectivity index is 2.06. The third-order valence-corrected chi connectivity index (χ3v) is 3.48. The highest BCUT2D eigenvalue weighted by Gasteiger charge is 2.10. The Morgan fingerprint density at radius 1 is 1.44 bits per heavy atom. The lowest BCUT2D eigenvalue weighted by Crippen LogP contribution is -2.06. The molecule has 3 nitrogen and oxygen atoms in total. The van der Waals surface area contributed by atoms with Gasteiger partial charge in [0.2, 0.25) is 0 Å². The highest BCUT2D eigenvalue weighted by atomic mass is 79.9. The Hall–Kier alpha value is -1.42. The summed E-state index contributed by atoms with van der Waals surface area (Å²) >= 11 is 3.40. The molecule has 0 fully saturated rings. The number of carbonyl (C=O) groups is 1. The number of nitrogens with zero attached hydrogens (tertiary/aromatic N) is 2. The molecule has 0 radical (unpaired) electrons. The van der Waals surface area contributed by atoms with Gasteiger partial charge < -0.3 is 4.57 Å². The lowest BCUT2D eigenvalue weighted by Gasteiger charge is -2.05. The fourth-order valence-corrected chi connectivity index (χ4v) is 2.41. The zero-order valence-corrected chi connectivity index (χ0v) is 12.1. The van der Waals surface area contributed by atoms with E-state index in [4.69, 9.17) is 0 Å². The van der Waals surface area contributed by atoms with Crippen LogP contribution in [0.1, 0.15) is 28.2 Å². The minimum Gasteiger partial charge on any atom is -0.338 e. The number of aromatic nitrogens is 2. The van der Waals surface area contributed by atoms with E-state index in [0.29, 0.717) is 12.8 Å². The van der Waals surface area contributed by atoms with Gasteiger partial charge in [0.1, 0.15) is 5.82 Å². The number of benzene rings is 1. The molecule has 0 saturated heterocycles. The second-order valence-electron chi connectivity index (χ2n) is 4.34. The average Bonchev–Trinajstić information content (AvgIpc) is 2.72. The number of hydrogen-bond donors (Lipinski definition) is 0. The van der Waals surface area contributed by atoms with E-state index in [0.717, 1.165) is 21.4 Å². The van der Waals surface area contributed by atoms with Crippen molar-refractivity contribution >= 4 is 21.7 Å². The molecule has 0 aliphatic rings. The first-order valence-corrected chi connectivity index (χ1v) is 6.63. The van der Waals surface area contributed by atoms with Gasteiger partial charge in [-0.25, -0.2) is 4.98 Å². The quantitative estimate of drug-likeness (QED) is 0.812. The fraction of sp³-hybridized carbons (Fsp3) is 0.286. The SMILES string of the molecule is Cc1cc(Br)ccc1C(=O)CCc1nccn1C. The summed E-state index contributed by atoms with van der Waals surface area (Å²) in [6.45, 7) is 1.96. The molecule has 0 spiro atoms. The summed E-state index contributed by atoms with van der Waals surface area (Å²) in [4.78, 5) is 16.4. The second kappa shape index (κ2) is 5.48. The fourth-order valence-electron chi connectivity index (χ4n) is 1.94. The molecule has 94 valence electrons. The molecule has 0 unspecified atom stereocenters. The van der Waals surface area contributed by atoms with Gasteiger partial charge in [0.15, 0.2) is 5.78 Å². The van der Waals surface area contributed by atoms with Gasteiger partial charge in [0, 0.05) is 42.3 Å². The van der Waals surface area contributed by atoms with Crippen LogP contribution in [-0.4, -0.2) is 15.3 Å². The summed E-state index contributed by atoms with van der Waals surface area (Å²) in [5, 5.41) is 0. The van der Waals surface area contributed by atoms with E-state index >= 15 is 0 Å². The number of Topliss-reactive ketones (excluding diaryl/α,β-unsaturated/α-hetero) is 1. The van der Waals surface area contributed by atoms with Crippen LogP contribution in [0.15, 0.2) is 35.1 Å². The number of aryl methyl sites for hydroxylation is 3. The zero-order chi connectivity index (χ0) is 13.1. The number of ketones is 1. The zero-order valence-electron chi connectivity index (χ0n) is 10.5. The maximum atomic E-state index is 12.1. The normalized spacial score (nSPS) is 10.6. The first-order valence-electron chi connectivity index (χ1n) is 5.83. The smallest absolute Gasteiger partial charge is 0.163 e. The van der Waals surface area contributed by atoms with E-state index in [1.54, 1.807) is 6.20 Å². The summed E-state index contributed by atoms with van der Waals surface area (Å²) < 4.78 is 2.95. The molecule has 0 N–H and O–H groups in total. The van der Waals surface area contributed by atoms with Crippen molar-refractivity contribution in [3.63, 3.8) is 0 Å². The van der Waals surface area contributed by atoms with Crippen LogP contribution >= 0.6 is 15.9 Å². The van der Waals surface area contributed by atoms with Gasteiger partial charge in [-0.05, 0) is 24.6 Å². The van der Waals surface area contributed by atoms with Crippen LogP contribution < -0.4 is 0 Å². The van der Waals surface area contributed by atoms with E-state index in [1.165, 1.54) is 0 Å². The van der Waals surface area contributed by atoms with Crippen molar-refractivity contribution in [1.29, 1.82) is 0 Å². The van der Waals surface area contributed by atoms with Crippen molar-refractivity contribution < 1.29 is 4.79 Å². The van der Waals surface area contributed by atoms with Gasteiger partial charge in [-0.2, -0.15) is 0 Å². The van der Waals surface area contributed by atoms with Gasteiger partial charge in [-0.1, -0.05) is 22.0 Å². The Bertz CT molecular complexity index is 575. The lowest BCUT2D eigenvalue weighted by atomic mass is 10.0. The predicted molar refractivity (Wildman–Crippen MR) is 74.7 cm³/mol. The lowest BCUT2D eigenvalue weighted by molar-refractivity contribution is 0.0981. The molecule has 0 saturated carbocycles. The molecule has 2 rings (SSSR count). The van der Waals surface area contributed by atoms with Crippen LogP contribution in [0, 0.1) is 6.92 Å². The minimum absolute atomic E-state index is 0.169. The number of halogens is 1. The van der Waals surface area contributed by atoms with E-state index < -0.39 is 0 Å². The molecule has 0 atom stereocenters. The van der Waals surface area contributed by atoms with Crippen molar-refractivity contribution in [2.45, 2.75) is 19.8 Å². The standard InChI is InChI=1S/C14H15BrN2O/c1-10-9-11(15)3-4-12(10)13(18)5-6-14-16-7-8-17(14)2/h3-4,7-9H,5-6H2,1-2H3. The van der Waals surface area contributed by atoms with Crippen LogP contribution in [0.2, 0.25) is 0 Å². The highest BCUT2D eigenvalue weighted by Crippen LogP contribution is 2.17. The van der Waals surface area contributed by atoms with E-state index in [1.807, 2.05) is 42.9 Å². The maximum Gasteiger partial charge on any atom is 0.163 e. The van der Waals surface area contributed by atoms with Gasteiger partial charge >= 0.3 is 0 Å². The van der Waals surface area contributed by atoms with E-state index in [2.05, 4.69) is 20.9 Å². The summed E-state index contributed by atoms with van der Waals surface area (Å²) in [6, 6.07) is 5.75. The molecule has 1 aromatic heterocycles. The molecule has 1 aromatic carbocycles. The minimum atomic E-state index is 0.169. The summed E-state index contributed by atoms with van der Waals surface area (Å²) in [5.74, 6) is 1.11. The molecule has 0 aliphatic heterocycles. The molecular formula is C14H15BrN2O. The number of imidazole rings is 1. The average molecular weight is 307 g/mol. The molecule has 18 heavy (non-hydrogen) atoms. The molecule has 0 amide bonds. The Labute approximate surface area is 115 Å². The molecule has 4 heteroatoms. The Morgan fingerprint density at radius 3 is 2.83 bits per heavy atom. The van der Waals surface area contributed by atoms with Gasteiger partial charge in [-0.15, -0.1) is 0 Å². The van der Waals surface area contributed by atoms with E-state index in [9.17, 15) is 4.79 Å². The molecule has 1 heterocycles. The van der Waals surface area contributed by atoms with Crippen LogP contribution in [0.5, 0.6) is 0 Å². The summed E-state index contributed by atoms with van der Waals surface area (Å²) in [6.07, 6.45) is 4.82. The Kier molecular flexibility index (Phi) is 3.97. The van der Waals surface area contributed by atoms with Crippen molar-refractivity contribution in [2.75, 3.05) is 0 Å². The largest absolute Gasteiger partial charge is 0.338 e. The topological polar surface area (TPSA) is 34.9 Å². The molecule has 0 bridgehead atoms. The summed E-state index contributed by atoms with van der Waals surface area (Å²) in [5.41, 5.74) is 1.81. The van der Waals surface area contributed by atoms with Gasteiger partial charge in [0.05, 0.1) is 0 Å². The van der Waals surface area contributed by atoms with Crippen molar-refractivity contribution in [3.05, 3.63) is 52.0 Å². The third kappa shape index (κ3) is 2.88. The first-order chi connectivity index (χ1) is 8.58. The van der Waals surface area contributed by atoms with Crippen LogP contribution in [-0.2, 0) is 13.5 Å².